The SMILES string of the molecule is Cc1cc(O)cc(C)c1CC([NH3+])C(=O)N1Cc2cc(O)ccc2C[C@H]1C(=O)NC[C@H](O)Cc1ccccc1. The lowest BCUT2D eigenvalue weighted by Crippen LogP contribution is -2.70. The van der Waals surface area contributed by atoms with Crippen molar-refractivity contribution in [1.29, 1.82) is 0 Å². The van der Waals surface area contributed by atoms with Gasteiger partial charge in [0.2, 0.25) is 5.91 Å². The molecule has 0 saturated carbocycles. The Kier molecular flexibility index (Phi) is 8.34. The van der Waals surface area contributed by atoms with Crippen molar-refractivity contribution in [3.05, 3.63) is 94.0 Å². The maximum atomic E-state index is 13.7. The quantitative estimate of drug-likeness (QED) is 0.308. The largest absolute Gasteiger partial charge is 0.508 e. The zero-order chi connectivity index (χ0) is 27.4. The van der Waals surface area contributed by atoms with Gasteiger partial charge < -0.3 is 31.3 Å². The van der Waals surface area contributed by atoms with E-state index in [9.17, 15) is 24.9 Å². The molecule has 1 aliphatic heterocycles. The molecule has 4 rings (SSSR count). The molecule has 8 nitrogen and oxygen atoms in total. The highest BCUT2D eigenvalue weighted by Crippen LogP contribution is 2.28. The molecule has 3 aromatic carbocycles. The number of phenolic OH excluding ortho intramolecular Hbond substituents is 2. The van der Waals surface area contributed by atoms with Gasteiger partial charge in [-0.05, 0) is 71.5 Å². The van der Waals surface area contributed by atoms with E-state index < -0.39 is 18.2 Å². The van der Waals surface area contributed by atoms with Crippen LogP contribution in [-0.4, -0.2) is 56.8 Å². The molecule has 2 amide bonds. The van der Waals surface area contributed by atoms with Crippen LogP contribution in [0, 0.1) is 13.8 Å². The molecule has 0 bridgehead atoms. The molecular weight excluding hydrogens is 482 g/mol. The van der Waals surface area contributed by atoms with Crippen molar-refractivity contribution in [1.82, 2.24) is 10.2 Å². The summed E-state index contributed by atoms with van der Waals surface area (Å²) >= 11 is 0. The Labute approximate surface area is 222 Å². The Hall–Kier alpha value is -3.88. The van der Waals surface area contributed by atoms with Crippen LogP contribution in [0.25, 0.3) is 0 Å². The van der Waals surface area contributed by atoms with E-state index in [0.29, 0.717) is 19.3 Å². The number of rotatable bonds is 8. The van der Waals surface area contributed by atoms with E-state index in [2.05, 4.69) is 11.1 Å². The molecule has 0 fully saturated rings. The summed E-state index contributed by atoms with van der Waals surface area (Å²) in [7, 11) is 0. The van der Waals surface area contributed by atoms with Gasteiger partial charge >= 0.3 is 0 Å². The summed E-state index contributed by atoms with van der Waals surface area (Å²) in [4.78, 5) is 28.6. The summed E-state index contributed by atoms with van der Waals surface area (Å²) < 4.78 is 0. The molecule has 0 spiro atoms. The number of hydrogen-bond donors (Lipinski definition) is 5. The minimum absolute atomic E-state index is 0.0639. The summed E-state index contributed by atoms with van der Waals surface area (Å²) in [6, 6.07) is 16.4. The maximum absolute atomic E-state index is 13.7. The van der Waals surface area contributed by atoms with E-state index in [1.165, 1.54) is 4.90 Å². The average Bonchev–Trinajstić information content (AvgIpc) is 2.88. The Morgan fingerprint density at radius 3 is 2.34 bits per heavy atom. The maximum Gasteiger partial charge on any atom is 0.282 e. The number of amides is 2. The van der Waals surface area contributed by atoms with Crippen molar-refractivity contribution in [2.75, 3.05) is 6.54 Å². The van der Waals surface area contributed by atoms with Gasteiger partial charge in [0.15, 0.2) is 6.04 Å². The van der Waals surface area contributed by atoms with E-state index in [1.807, 2.05) is 44.2 Å². The molecule has 200 valence electrons. The predicted molar refractivity (Wildman–Crippen MR) is 143 cm³/mol. The Bertz CT molecular complexity index is 1290. The van der Waals surface area contributed by atoms with Gasteiger partial charge in [-0.15, -0.1) is 0 Å². The first kappa shape index (κ1) is 27.2. The Morgan fingerprint density at radius 1 is 0.974 bits per heavy atom. The number of fused-ring (bicyclic) bond motifs is 1. The van der Waals surface area contributed by atoms with E-state index >= 15 is 0 Å². The highest BCUT2D eigenvalue weighted by atomic mass is 16.3. The number of aliphatic hydroxyl groups excluding tert-OH is 1. The lowest BCUT2D eigenvalue weighted by atomic mass is 9.91. The first-order valence-corrected chi connectivity index (χ1v) is 12.9. The third kappa shape index (κ3) is 6.33. The van der Waals surface area contributed by atoms with Gasteiger partial charge in [-0.25, -0.2) is 0 Å². The second-order valence-electron chi connectivity index (χ2n) is 10.2. The molecule has 3 aromatic rings. The topological polar surface area (TPSA) is 138 Å². The fraction of sp³-hybridized carbons (Fsp3) is 0.333. The highest BCUT2D eigenvalue weighted by molar-refractivity contribution is 5.90. The fourth-order valence-electron chi connectivity index (χ4n) is 5.19. The van der Waals surface area contributed by atoms with Gasteiger partial charge in [0.1, 0.15) is 17.5 Å². The van der Waals surface area contributed by atoms with Crippen molar-refractivity contribution < 1.29 is 30.6 Å². The van der Waals surface area contributed by atoms with Crippen molar-refractivity contribution in [2.45, 2.75) is 57.8 Å². The lowest BCUT2D eigenvalue weighted by molar-refractivity contribution is -0.405. The summed E-state index contributed by atoms with van der Waals surface area (Å²) in [6.07, 6.45) is 0.304. The van der Waals surface area contributed by atoms with Crippen LogP contribution >= 0.6 is 0 Å². The van der Waals surface area contributed by atoms with Crippen LogP contribution < -0.4 is 11.1 Å². The zero-order valence-electron chi connectivity index (χ0n) is 21.9. The molecule has 1 unspecified atom stereocenters. The van der Waals surface area contributed by atoms with Gasteiger partial charge in [-0.2, -0.15) is 0 Å². The van der Waals surface area contributed by atoms with E-state index in [1.54, 1.807) is 30.3 Å². The van der Waals surface area contributed by atoms with Crippen LogP contribution in [0.1, 0.15) is 33.4 Å². The molecule has 38 heavy (non-hydrogen) atoms. The third-order valence-electron chi connectivity index (χ3n) is 7.21. The van der Waals surface area contributed by atoms with Crippen LogP contribution in [0.5, 0.6) is 11.5 Å². The van der Waals surface area contributed by atoms with Gasteiger partial charge in [-0.3, -0.25) is 9.59 Å². The molecule has 8 heteroatoms. The molecule has 0 aromatic heterocycles. The van der Waals surface area contributed by atoms with Gasteiger partial charge in [0.05, 0.1) is 6.10 Å². The standard InChI is InChI=1S/C30H35N3O5/c1-18-10-24(35)11-19(2)26(18)15-27(31)30(38)33-17-22-13-23(34)9-8-21(22)14-28(33)29(37)32-16-25(36)12-20-6-4-3-5-7-20/h3-11,13,25,27-28,34-36H,12,14-17,31H2,1-2H3,(H,32,37)/p+1/t25-,27?,28+/m1/s1. The molecule has 0 radical (unpaired) electrons. The first-order valence-electron chi connectivity index (χ1n) is 12.9. The number of nitrogens with one attached hydrogen (secondary N) is 1. The number of aliphatic hydroxyl groups is 1. The van der Waals surface area contributed by atoms with Crippen molar-refractivity contribution in [3.8, 4) is 11.5 Å². The number of hydrogen-bond acceptors (Lipinski definition) is 5. The number of aryl methyl sites for hydroxylation is 2. The summed E-state index contributed by atoms with van der Waals surface area (Å²) in [5.74, 6) is -0.330. The molecule has 7 N–H and O–H groups in total. The van der Waals surface area contributed by atoms with E-state index in [4.69, 9.17) is 0 Å². The predicted octanol–water partition coefficient (Wildman–Crippen LogP) is 1.54. The molecular formula is C30H36N3O5+. The van der Waals surface area contributed by atoms with E-state index in [0.717, 1.165) is 33.4 Å². The summed E-state index contributed by atoms with van der Waals surface area (Å²) in [6.45, 7) is 4.01. The highest BCUT2D eigenvalue weighted by Gasteiger charge is 2.38. The Morgan fingerprint density at radius 2 is 1.66 bits per heavy atom. The summed E-state index contributed by atoms with van der Waals surface area (Å²) in [5, 5.41) is 33.2. The van der Waals surface area contributed by atoms with Crippen LogP contribution in [0.15, 0.2) is 60.7 Å². The molecule has 0 aliphatic carbocycles. The van der Waals surface area contributed by atoms with Gasteiger partial charge in [0.25, 0.3) is 5.91 Å². The lowest BCUT2D eigenvalue weighted by Gasteiger charge is -2.37. The van der Waals surface area contributed by atoms with Crippen molar-refractivity contribution in [3.63, 3.8) is 0 Å². The second-order valence-corrected chi connectivity index (χ2v) is 10.2. The number of carbonyl (C=O) groups excluding carboxylic acids is 2. The monoisotopic (exact) mass is 518 g/mol. The minimum Gasteiger partial charge on any atom is -0.508 e. The number of carbonyl (C=O) groups is 2. The molecule has 1 heterocycles. The van der Waals surface area contributed by atoms with Gasteiger partial charge in [0, 0.05) is 32.4 Å². The fourth-order valence-corrected chi connectivity index (χ4v) is 5.19. The minimum atomic E-state index is -0.769. The van der Waals surface area contributed by atoms with Crippen LogP contribution in [0.2, 0.25) is 0 Å². The molecule has 0 saturated heterocycles. The third-order valence-corrected chi connectivity index (χ3v) is 7.21. The smallest absolute Gasteiger partial charge is 0.282 e. The molecule has 3 atom stereocenters. The molecule has 1 aliphatic rings. The van der Waals surface area contributed by atoms with Crippen LogP contribution in [0.4, 0.5) is 0 Å². The van der Waals surface area contributed by atoms with Crippen molar-refractivity contribution >= 4 is 11.8 Å². The van der Waals surface area contributed by atoms with Crippen molar-refractivity contribution in [2.24, 2.45) is 0 Å². The second kappa shape index (κ2) is 11.7. The number of phenols is 2. The Balaban J connectivity index is 1.51. The zero-order valence-corrected chi connectivity index (χ0v) is 21.9. The van der Waals surface area contributed by atoms with Crippen LogP contribution in [0.3, 0.4) is 0 Å². The number of quaternary nitrogens is 1. The van der Waals surface area contributed by atoms with E-state index in [-0.39, 0.29) is 36.4 Å². The summed E-state index contributed by atoms with van der Waals surface area (Å²) in [5.41, 5.74) is 9.47. The first-order chi connectivity index (χ1) is 18.1. The number of aromatic hydroxyl groups is 2. The number of benzene rings is 3. The van der Waals surface area contributed by atoms with Gasteiger partial charge in [-0.1, -0.05) is 36.4 Å². The normalized spacial score (nSPS) is 16.4. The number of nitrogens with zero attached hydrogens (tertiary/aromatic N) is 1. The van der Waals surface area contributed by atoms with Crippen LogP contribution in [-0.2, 0) is 35.4 Å². The average molecular weight is 519 g/mol.